The van der Waals surface area contributed by atoms with Crippen molar-refractivity contribution in [2.24, 2.45) is 0 Å². The molecule has 1 aromatic carbocycles. The molecule has 0 spiro atoms. The largest absolute Gasteiger partial charge is 0.353 e. The number of nitrogens with zero attached hydrogens (tertiary/aromatic N) is 1. The topological polar surface area (TPSA) is 21.7 Å². The van der Waals surface area contributed by atoms with E-state index < -0.39 is 0 Å². The van der Waals surface area contributed by atoms with Crippen LogP contribution in [0.15, 0.2) is 28.7 Å². The number of hydrogen-bond donors (Lipinski definition) is 0. The van der Waals surface area contributed by atoms with Gasteiger partial charge in [0.15, 0.2) is 6.29 Å². The molecule has 1 aliphatic heterocycles. The average molecular weight is 314 g/mol. The molecule has 0 bridgehead atoms. The van der Waals surface area contributed by atoms with E-state index in [0.29, 0.717) is 0 Å². The molecule has 18 heavy (non-hydrogen) atoms. The molecule has 1 fully saturated rings. The quantitative estimate of drug-likeness (QED) is 0.834. The van der Waals surface area contributed by atoms with Crippen molar-refractivity contribution in [1.29, 1.82) is 0 Å². The Hall–Kier alpha value is -0.420. The van der Waals surface area contributed by atoms with E-state index in [1.54, 1.807) is 0 Å². The van der Waals surface area contributed by atoms with Gasteiger partial charge in [0.2, 0.25) is 0 Å². The van der Waals surface area contributed by atoms with Crippen molar-refractivity contribution < 1.29 is 9.47 Å². The number of ether oxygens (including phenoxy) is 2. The Balaban J connectivity index is 1.72. The second-order valence-electron chi connectivity index (χ2n) is 4.68. The van der Waals surface area contributed by atoms with Crippen LogP contribution in [-0.2, 0) is 16.0 Å². The highest BCUT2D eigenvalue weighted by molar-refractivity contribution is 9.10. The zero-order valence-electron chi connectivity index (χ0n) is 10.8. The van der Waals surface area contributed by atoms with E-state index in [0.717, 1.165) is 43.6 Å². The van der Waals surface area contributed by atoms with Crippen LogP contribution in [-0.4, -0.2) is 38.0 Å². The summed E-state index contributed by atoms with van der Waals surface area (Å²) in [6.45, 7) is 3.60. The van der Waals surface area contributed by atoms with Crippen LogP contribution in [0.2, 0.25) is 0 Å². The van der Waals surface area contributed by atoms with E-state index >= 15 is 0 Å². The normalized spacial score (nSPS) is 17.3. The maximum absolute atomic E-state index is 5.54. The third kappa shape index (κ3) is 4.69. The molecule has 0 N–H and O–H groups in total. The molecular formula is C14H20BrNO2. The van der Waals surface area contributed by atoms with E-state index in [4.69, 9.17) is 9.47 Å². The molecular weight excluding hydrogens is 294 g/mol. The lowest BCUT2D eigenvalue weighted by Gasteiger charge is -2.25. The Morgan fingerprint density at radius 3 is 2.83 bits per heavy atom. The SMILES string of the molecule is CN(CCC1OCCCO1)Cc1cccc(Br)c1. The van der Waals surface area contributed by atoms with Crippen LogP contribution in [0.5, 0.6) is 0 Å². The maximum atomic E-state index is 5.54. The van der Waals surface area contributed by atoms with Crippen molar-refractivity contribution in [3.63, 3.8) is 0 Å². The van der Waals surface area contributed by atoms with Crippen molar-refractivity contribution in [2.75, 3.05) is 26.8 Å². The van der Waals surface area contributed by atoms with Gasteiger partial charge in [-0.1, -0.05) is 28.1 Å². The maximum Gasteiger partial charge on any atom is 0.158 e. The van der Waals surface area contributed by atoms with Crippen LogP contribution in [0, 0.1) is 0 Å². The van der Waals surface area contributed by atoms with Crippen molar-refractivity contribution in [2.45, 2.75) is 25.7 Å². The smallest absolute Gasteiger partial charge is 0.158 e. The Labute approximate surface area is 117 Å². The van der Waals surface area contributed by atoms with Crippen LogP contribution in [0.1, 0.15) is 18.4 Å². The van der Waals surface area contributed by atoms with E-state index in [9.17, 15) is 0 Å². The Morgan fingerprint density at radius 1 is 1.33 bits per heavy atom. The third-order valence-corrected chi connectivity index (χ3v) is 3.48. The standard InChI is InChI=1S/C14H20BrNO2/c1-16(7-6-14-17-8-3-9-18-14)11-12-4-2-5-13(15)10-12/h2,4-5,10,14H,3,6-9,11H2,1H3. The van der Waals surface area contributed by atoms with Gasteiger partial charge in [-0.05, 0) is 31.2 Å². The van der Waals surface area contributed by atoms with Crippen LogP contribution in [0.4, 0.5) is 0 Å². The first kappa shape index (κ1) is 14.0. The fourth-order valence-corrected chi connectivity index (χ4v) is 2.50. The molecule has 0 atom stereocenters. The molecule has 3 nitrogen and oxygen atoms in total. The lowest BCUT2D eigenvalue weighted by Crippen LogP contribution is -2.29. The second-order valence-corrected chi connectivity index (χ2v) is 5.60. The van der Waals surface area contributed by atoms with Gasteiger partial charge < -0.3 is 14.4 Å². The van der Waals surface area contributed by atoms with Gasteiger partial charge in [-0.3, -0.25) is 0 Å². The van der Waals surface area contributed by atoms with Gasteiger partial charge in [0.05, 0.1) is 13.2 Å². The van der Waals surface area contributed by atoms with Crippen molar-refractivity contribution in [3.05, 3.63) is 34.3 Å². The van der Waals surface area contributed by atoms with Crippen LogP contribution in [0.25, 0.3) is 0 Å². The predicted molar refractivity (Wildman–Crippen MR) is 75.4 cm³/mol. The summed E-state index contributed by atoms with van der Waals surface area (Å²) in [5.74, 6) is 0. The first-order valence-corrected chi connectivity index (χ1v) is 7.19. The minimum absolute atomic E-state index is 0.0105. The average Bonchev–Trinajstić information content (AvgIpc) is 2.38. The zero-order chi connectivity index (χ0) is 12.8. The molecule has 100 valence electrons. The van der Waals surface area contributed by atoms with Gasteiger partial charge in [0, 0.05) is 24.0 Å². The van der Waals surface area contributed by atoms with Crippen LogP contribution < -0.4 is 0 Å². The number of rotatable bonds is 5. The first-order valence-electron chi connectivity index (χ1n) is 6.40. The Bertz CT molecular complexity index is 367. The summed E-state index contributed by atoms with van der Waals surface area (Å²) in [5, 5.41) is 0. The van der Waals surface area contributed by atoms with Gasteiger partial charge in [-0.25, -0.2) is 0 Å². The number of hydrogen-bond acceptors (Lipinski definition) is 3. The predicted octanol–water partition coefficient (Wildman–Crippen LogP) is 3.03. The highest BCUT2D eigenvalue weighted by Gasteiger charge is 2.14. The molecule has 2 rings (SSSR count). The van der Waals surface area contributed by atoms with Crippen molar-refractivity contribution in [1.82, 2.24) is 4.90 Å². The highest BCUT2D eigenvalue weighted by atomic mass is 79.9. The summed E-state index contributed by atoms with van der Waals surface area (Å²) in [7, 11) is 2.13. The molecule has 0 radical (unpaired) electrons. The second kappa shape index (κ2) is 7.24. The van der Waals surface area contributed by atoms with Gasteiger partial charge >= 0.3 is 0 Å². The molecule has 1 aromatic rings. The zero-order valence-corrected chi connectivity index (χ0v) is 12.4. The lowest BCUT2D eigenvalue weighted by molar-refractivity contribution is -0.182. The third-order valence-electron chi connectivity index (χ3n) is 2.98. The van der Waals surface area contributed by atoms with E-state index in [2.05, 4.69) is 46.1 Å². The van der Waals surface area contributed by atoms with Crippen molar-refractivity contribution in [3.8, 4) is 0 Å². The molecule has 0 saturated carbocycles. The molecule has 0 unspecified atom stereocenters. The summed E-state index contributed by atoms with van der Waals surface area (Å²) >= 11 is 3.50. The minimum atomic E-state index is -0.0105. The Kier molecular flexibility index (Phi) is 5.63. The monoisotopic (exact) mass is 313 g/mol. The van der Waals surface area contributed by atoms with Crippen LogP contribution >= 0.6 is 15.9 Å². The van der Waals surface area contributed by atoms with Gasteiger partial charge in [-0.15, -0.1) is 0 Å². The molecule has 0 aromatic heterocycles. The van der Waals surface area contributed by atoms with Crippen molar-refractivity contribution >= 4 is 15.9 Å². The molecule has 1 saturated heterocycles. The number of benzene rings is 1. The molecule has 0 amide bonds. The number of halogens is 1. The molecule has 4 heteroatoms. The van der Waals surface area contributed by atoms with Gasteiger partial charge in [-0.2, -0.15) is 0 Å². The van der Waals surface area contributed by atoms with E-state index in [1.807, 2.05) is 6.07 Å². The fourth-order valence-electron chi connectivity index (χ4n) is 2.06. The molecule has 0 aliphatic carbocycles. The van der Waals surface area contributed by atoms with Crippen LogP contribution in [0.3, 0.4) is 0 Å². The minimum Gasteiger partial charge on any atom is -0.353 e. The highest BCUT2D eigenvalue weighted by Crippen LogP contribution is 2.14. The van der Waals surface area contributed by atoms with E-state index in [-0.39, 0.29) is 6.29 Å². The first-order chi connectivity index (χ1) is 8.74. The summed E-state index contributed by atoms with van der Waals surface area (Å²) in [6.07, 6.45) is 1.94. The lowest BCUT2D eigenvalue weighted by atomic mass is 10.2. The van der Waals surface area contributed by atoms with Gasteiger partial charge in [0.1, 0.15) is 0 Å². The summed E-state index contributed by atoms with van der Waals surface area (Å²) in [4.78, 5) is 2.29. The fraction of sp³-hybridized carbons (Fsp3) is 0.571. The Morgan fingerprint density at radius 2 is 2.11 bits per heavy atom. The molecule has 1 heterocycles. The van der Waals surface area contributed by atoms with E-state index in [1.165, 1.54) is 5.56 Å². The summed E-state index contributed by atoms with van der Waals surface area (Å²) in [6, 6.07) is 8.42. The summed E-state index contributed by atoms with van der Waals surface area (Å²) < 4.78 is 12.2. The summed E-state index contributed by atoms with van der Waals surface area (Å²) in [5.41, 5.74) is 1.32. The molecule has 1 aliphatic rings. The van der Waals surface area contributed by atoms with Gasteiger partial charge in [0.25, 0.3) is 0 Å².